The van der Waals surface area contributed by atoms with Crippen LogP contribution < -0.4 is 0 Å². The molecule has 0 saturated heterocycles. The van der Waals surface area contributed by atoms with Gasteiger partial charge in [-0.2, -0.15) is 5.10 Å². The zero-order chi connectivity index (χ0) is 14.1. The summed E-state index contributed by atoms with van der Waals surface area (Å²) in [6.07, 6.45) is -3.50. The molecule has 1 aromatic carbocycles. The molecule has 2 heterocycles. The molecule has 6 heteroatoms. The summed E-state index contributed by atoms with van der Waals surface area (Å²) in [7, 11) is 0. The molecule has 1 aliphatic rings. The van der Waals surface area contributed by atoms with Crippen LogP contribution in [0.1, 0.15) is 42.3 Å². The third-order valence-corrected chi connectivity index (χ3v) is 3.48. The Balaban J connectivity index is 1.86. The van der Waals surface area contributed by atoms with Crippen LogP contribution >= 0.6 is 0 Å². The lowest BCUT2D eigenvalue weighted by Gasteiger charge is -2.11. The molecule has 1 aromatic heterocycles. The van der Waals surface area contributed by atoms with Gasteiger partial charge in [-0.15, -0.1) is 0 Å². The molecule has 0 saturated carbocycles. The van der Waals surface area contributed by atoms with Crippen molar-refractivity contribution >= 4 is 0 Å². The van der Waals surface area contributed by atoms with Gasteiger partial charge in [0.25, 0.3) is 0 Å². The highest BCUT2D eigenvalue weighted by Gasteiger charge is 2.35. The fourth-order valence-electron chi connectivity index (χ4n) is 2.52. The molecule has 3 rings (SSSR count). The maximum Gasteiger partial charge on any atom is 0.239 e. The number of fused-ring (bicyclic) bond motifs is 1. The number of aryl methyl sites for hydroxylation is 1. The van der Waals surface area contributed by atoms with Crippen LogP contribution in [0.3, 0.4) is 0 Å². The van der Waals surface area contributed by atoms with Gasteiger partial charge in [-0.25, -0.2) is 22.8 Å². The minimum absolute atomic E-state index is 0.0753. The van der Waals surface area contributed by atoms with Gasteiger partial charge in [0, 0.05) is 19.3 Å². The van der Waals surface area contributed by atoms with E-state index in [1.165, 1.54) is 0 Å². The van der Waals surface area contributed by atoms with E-state index in [-0.39, 0.29) is 24.7 Å². The van der Waals surface area contributed by atoms with Gasteiger partial charge >= 0.3 is 0 Å². The first kappa shape index (κ1) is 13.1. The van der Waals surface area contributed by atoms with Gasteiger partial charge < -0.3 is 0 Å². The second kappa shape index (κ2) is 5.26. The van der Waals surface area contributed by atoms with Crippen LogP contribution in [0.4, 0.5) is 13.2 Å². The fraction of sp³-hybridized carbons (Fsp3) is 0.429. The molecule has 106 valence electrons. The predicted octanol–water partition coefficient (Wildman–Crippen LogP) is 3.48. The van der Waals surface area contributed by atoms with Gasteiger partial charge in [-0.3, -0.25) is 0 Å². The quantitative estimate of drug-likeness (QED) is 0.859. The van der Waals surface area contributed by atoms with Crippen molar-refractivity contribution in [3.8, 4) is 0 Å². The van der Waals surface area contributed by atoms with Gasteiger partial charge in [0.15, 0.2) is 17.8 Å². The Bertz CT molecular complexity index is 583. The molecular weight excluding hydrogens is 267 g/mol. The van der Waals surface area contributed by atoms with E-state index >= 15 is 0 Å². The number of nitrogens with zero attached hydrogens (tertiary/aromatic N) is 3. The molecule has 0 fully saturated rings. The Kier molecular flexibility index (Phi) is 3.46. The Hall–Kier alpha value is -1.85. The van der Waals surface area contributed by atoms with E-state index in [2.05, 4.69) is 10.1 Å². The summed E-state index contributed by atoms with van der Waals surface area (Å²) >= 11 is 0. The molecule has 0 amide bonds. The fourth-order valence-corrected chi connectivity index (χ4v) is 2.52. The van der Waals surface area contributed by atoms with Crippen molar-refractivity contribution < 1.29 is 13.2 Å². The van der Waals surface area contributed by atoms with Gasteiger partial charge in [0.1, 0.15) is 0 Å². The minimum atomic E-state index is -2.39. The molecule has 20 heavy (non-hydrogen) atoms. The number of hydrogen-bond donors (Lipinski definition) is 0. The van der Waals surface area contributed by atoms with Crippen LogP contribution in [0, 0.1) is 0 Å². The summed E-state index contributed by atoms with van der Waals surface area (Å²) < 4.78 is 39.9. The first-order valence-corrected chi connectivity index (χ1v) is 6.57. The molecule has 0 spiro atoms. The lowest BCUT2D eigenvalue weighted by Crippen LogP contribution is -2.08. The molecule has 0 aliphatic carbocycles. The van der Waals surface area contributed by atoms with E-state index < -0.39 is 12.6 Å². The Labute approximate surface area is 114 Å². The van der Waals surface area contributed by atoms with E-state index in [4.69, 9.17) is 0 Å². The average molecular weight is 281 g/mol. The molecule has 2 atom stereocenters. The highest BCUT2D eigenvalue weighted by molar-refractivity contribution is 5.23. The second-order valence-corrected chi connectivity index (χ2v) is 4.89. The van der Waals surface area contributed by atoms with E-state index in [0.717, 1.165) is 5.56 Å². The monoisotopic (exact) mass is 281 g/mol. The smallest absolute Gasteiger partial charge is 0.239 e. The number of benzene rings is 1. The third-order valence-electron chi connectivity index (χ3n) is 3.48. The molecule has 0 radical (unpaired) electrons. The van der Waals surface area contributed by atoms with Crippen LogP contribution in [0.5, 0.6) is 0 Å². The van der Waals surface area contributed by atoms with Crippen LogP contribution in [0.15, 0.2) is 30.3 Å². The molecule has 0 N–H and O–H groups in total. The van der Waals surface area contributed by atoms with Crippen molar-refractivity contribution in [3.63, 3.8) is 0 Å². The normalized spacial score (nSPS) is 21.4. The number of halogens is 3. The Morgan fingerprint density at radius 3 is 2.70 bits per heavy atom. The molecular formula is C14H14F3N3. The topological polar surface area (TPSA) is 30.7 Å². The van der Waals surface area contributed by atoms with E-state index in [9.17, 15) is 13.2 Å². The maximum absolute atomic E-state index is 14.0. The first-order chi connectivity index (χ1) is 9.65. The van der Waals surface area contributed by atoms with Gasteiger partial charge in [0.2, 0.25) is 6.43 Å². The van der Waals surface area contributed by atoms with Crippen LogP contribution in [0.25, 0.3) is 0 Å². The van der Waals surface area contributed by atoms with E-state index in [0.29, 0.717) is 12.2 Å². The number of aromatic nitrogens is 3. The highest BCUT2D eigenvalue weighted by atomic mass is 19.3. The number of hydrogen-bond acceptors (Lipinski definition) is 2. The SMILES string of the molecule is FC(F)CCc1nc2n(n1)[C@H](c1ccccc1)C[C@@H]2F. The first-order valence-electron chi connectivity index (χ1n) is 6.57. The van der Waals surface area contributed by atoms with Crippen molar-refractivity contribution in [2.45, 2.75) is 37.9 Å². The standard InChI is InChI=1S/C14H14F3N3/c15-10-8-11(9-4-2-1-3-5-9)20-14(10)18-13(19-20)7-6-12(16)17/h1-5,10-12H,6-8H2/t10-,11-/m0/s1. The largest absolute Gasteiger partial charge is 0.239 e. The highest BCUT2D eigenvalue weighted by Crippen LogP contribution is 2.39. The van der Waals surface area contributed by atoms with Crippen LogP contribution in [-0.4, -0.2) is 21.2 Å². The third kappa shape index (κ3) is 2.42. The Morgan fingerprint density at radius 1 is 1.25 bits per heavy atom. The predicted molar refractivity (Wildman–Crippen MR) is 67.4 cm³/mol. The van der Waals surface area contributed by atoms with Gasteiger partial charge in [-0.05, 0) is 5.56 Å². The maximum atomic E-state index is 14.0. The molecule has 1 aliphatic heterocycles. The van der Waals surface area contributed by atoms with Crippen molar-refractivity contribution in [3.05, 3.63) is 47.5 Å². The summed E-state index contributed by atoms with van der Waals surface area (Å²) in [6, 6.07) is 9.28. The van der Waals surface area contributed by atoms with E-state index in [1.54, 1.807) is 4.68 Å². The zero-order valence-electron chi connectivity index (χ0n) is 10.7. The lowest BCUT2D eigenvalue weighted by atomic mass is 10.0. The molecule has 2 aromatic rings. The second-order valence-electron chi connectivity index (χ2n) is 4.89. The zero-order valence-corrected chi connectivity index (χ0v) is 10.7. The van der Waals surface area contributed by atoms with Crippen molar-refractivity contribution in [1.29, 1.82) is 0 Å². The van der Waals surface area contributed by atoms with Gasteiger partial charge in [0.05, 0.1) is 6.04 Å². The van der Waals surface area contributed by atoms with Crippen molar-refractivity contribution in [2.24, 2.45) is 0 Å². The summed E-state index contributed by atoms with van der Waals surface area (Å²) in [5, 5.41) is 4.20. The molecule has 3 nitrogen and oxygen atoms in total. The Morgan fingerprint density at radius 2 is 2.00 bits per heavy atom. The summed E-state index contributed by atoms with van der Waals surface area (Å²) in [6.45, 7) is 0. The van der Waals surface area contributed by atoms with Crippen LogP contribution in [-0.2, 0) is 6.42 Å². The number of rotatable bonds is 4. The molecule has 0 unspecified atom stereocenters. The van der Waals surface area contributed by atoms with Crippen molar-refractivity contribution in [2.75, 3.05) is 0 Å². The lowest BCUT2D eigenvalue weighted by molar-refractivity contribution is 0.137. The summed E-state index contributed by atoms with van der Waals surface area (Å²) in [5.74, 6) is 0.548. The summed E-state index contributed by atoms with van der Waals surface area (Å²) in [5.41, 5.74) is 0.958. The van der Waals surface area contributed by atoms with E-state index in [1.807, 2.05) is 30.3 Å². The average Bonchev–Trinajstić information content (AvgIpc) is 2.98. The minimum Gasteiger partial charge on any atom is -0.239 e. The van der Waals surface area contributed by atoms with Crippen LogP contribution in [0.2, 0.25) is 0 Å². The van der Waals surface area contributed by atoms with Gasteiger partial charge in [-0.1, -0.05) is 30.3 Å². The number of alkyl halides is 3. The molecule has 0 bridgehead atoms. The summed E-state index contributed by atoms with van der Waals surface area (Å²) in [4.78, 5) is 4.06. The van der Waals surface area contributed by atoms with Crippen molar-refractivity contribution in [1.82, 2.24) is 14.8 Å².